The molecular formula is C12H29NO. The van der Waals surface area contributed by atoms with Crippen LogP contribution in [-0.4, -0.2) is 12.3 Å². The van der Waals surface area contributed by atoms with Crippen molar-refractivity contribution in [3.05, 3.63) is 25.3 Å². The lowest BCUT2D eigenvalue weighted by Crippen LogP contribution is -2.09. The third-order valence-electron chi connectivity index (χ3n) is 1.19. The van der Waals surface area contributed by atoms with Crippen molar-refractivity contribution in [3.8, 4) is 0 Å². The molecule has 0 fully saturated rings. The zero-order valence-electron chi connectivity index (χ0n) is 8.97. The van der Waals surface area contributed by atoms with Crippen LogP contribution in [0.25, 0.3) is 0 Å². The molecule has 0 atom stereocenters. The maximum absolute atomic E-state index is 9.94. The minimum atomic E-state index is -0.116. The molecule has 0 unspecified atom stereocenters. The molecule has 2 nitrogen and oxygen atoms in total. The van der Waals surface area contributed by atoms with Crippen molar-refractivity contribution in [1.29, 1.82) is 0 Å². The molecule has 0 bridgehead atoms. The van der Waals surface area contributed by atoms with Crippen LogP contribution in [0.4, 0.5) is 0 Å². The smallest absolute Gasteiger partial charge is 0.168 e. The van der Waals surface area contributed by atoms with Crippen molar-refractivity contribution >= 4 is 5.78 Å². The first-order chi connectivity index (χ1) is 5.87. The lowest BCUT2D eigenvalue weighted by Gasteiger charge is -2.13. The summed E-state index contributed by atoms with van der Waals surface area (Å²) < 4.78 is 0. The van der Waals surface area contributed by atoms with E-state index < -0.39 is 0 Å². The predicted molar refractivity (Wildman–Crippen MR) is 69.5 cm³/mol. The number of carbonyl (C=O) groups is 1. The summed E-state index contributed by atoms with van der Waals surface area (Å²) in [7, 11) is 0. The van der Waals surface area contributed by atoms with Crippen LogP contribution in [-0.2, 0) is 4.79 Å². The summed E-state index contributed by atoms with van der Waals surface area (Å²) in [6.07, 6.45) is 4.27. The summed E-state index contributed by atoms with van der Waals surface area (Å²) in [6, 6.07) is 0. The van der Waals surface area contributed by atoms with Crippen LogP contribution in [0.1, 0.15) is 37.5 Å². The number of nitrogens with two attached hydrogens (primary N) is 1. The van der Waals surface area contributed by atoms with E-state index in [0.717, 1.165) is 6.42 Å². The van der Waals surface area contributed by atoms with Crippen LogP contribution in [0.3, 0.4) is 0 Å². The van der Waals surface area contributed by atoms with Gasteiger partial charge in [-0.1, -0.05) is 40.9 Å². The molecule has 88 valence electrons. The SMILES string of the molecule is C.C=CC(=O)CN.C=CCC(C)(C)C.[HH].[HH]. The third kappa shape index (κ3) is 22.5. The van der Waals surface area contributed by atoms with Crippen molar-refractivity contribution in [2.75, 3.05) is 6.54 Å². The molecule has 0 aliphatic heterocycles. The highest BCUT2D eigenvalue weighted by Gasteiger charge is 2.04. The van der Waals surface area contributed by atoms with Crippen LogP contribution in [0.15, 0.2) is 25.3 Å². The van der Waals surface area contributed by atoms with E-state index >= 15 is 0 Å². The molecule has 0 saturated carbocycles. The van der Waals surface area contributed by atoms with Gasteiger partial charge in [0.15, 0.2) is 5.78 Å². The van der Waals surface area contributed by atoms with Crippen LogP contribution in [0, 0.1) is 5.41 Å². The van der Waals surface area contributed by atoms with Gasteiger partial charge >= 0.3 is 0 Å². The van der Waals surface area contributed by atoms with Crippen molar-refractivity contribution < 1.29 is 7.65 Å². The van der Waals surface area contributed by atoms with Gasteiger partial charge in [-0.15, -0.1) is 6.58 Å². The van der Waals surface area contributed by atoms with Gasteiger partial charge in [-0.05, 0) is 17.9 Å². The first-order valence-electron chi connectivity index (χ1n) is 4.33. The number of ketones is 1. The molecule has 0 saturated heterocycles. The van der Waals surface area contributed by atoms with Crippen LogP contribution >= 0.6 is 0 Å². The lowest BCUT2D eigenvalue weighted by molar-refractivity contribution is -0.113. The number of hydrogen-bond donors (Lipinski definition) is 1. The second-order valence-electron chi connectivity index (χ2n) is 3.93. The van der Waals surface area contributed by atoms with Gasteiger partial charge in [-0.2, -0.15) is 0 Å². The number of carbonyl (C=O) groups excluding carboxylic acids is 1. The van der Waals surface area contributed by atoms with E-state index in [1.54, 1.807) is 0 Å². The van der Waals surface area contributed by atoms with Crippen molar-refractivity contribution in [2.24, 2.45) is 11.1 Å². The number of rotatable bonds is 3. The Balaban J connectivity index is -0.0000000428. The average Bonchev–Trinajstić information content (AvgIpc) is 2.02. The lowest BCUT2D eigenvalue weighted by atomic mass is 9.93. The maximum Gasteiger partial charge on any atom is 0.168 e. The Hall–Kier alpha value is -0.890. The molecule has 2 heteroatoms. The molecule has 2 N–H and O–H groups in total. The Bertz CT molecular complexity index is 174. The Labute approximate surface area is 91.9 Å². The van der Waals surface area contributed by atoms with Crippen LogP contribution < -0.4 is 5.73 Å². The van der Waals surface area contributed by atoms with E-state index in [2.05, 4.69) is 33.9 Å². The molecule has 14 heavy (non-hydrogen) atoms. The third-order valence-corrected chi connectivity index (χ3v) is 1.19. The van der Waals surface area contributed by atoms with E-state index in [4.69, 9.17) is 5.73 Å². The van der Waals surface area contributed by atoms with Crippen LogP contribution in [0.2, 0.25) is 0 Å². The molecule has 0 aromatic rings. The topological polar surface area (TPSA) is 43.1 Å². The fraction of sp³-hybridized carbons (Fsp3) is 0.583. The number of allylic oxidation sites excluding steroid dienone is 1. The van der Waals surface area contributed by atoms with Gasteiger partial charge in [-0.3, -0.25) is 4.79 Å². The second-order valence-corrected chi connectivity index (χ2v) is 3.93. The van der Waals surface area contributed by atoms with E-state index in [0.29, 0.717) is 5.41 Å². The summed E-state index contributed by atoms with van der Waals surface area (Å²) in [6.45, 7) is 13.5. The normalized spacial score (nSPS) is 8.86. The van der Waals surface area contributed by atoms with Crippen molar-refractivity contribution in [1.82, 2.24) is 0 Å². The molecule has 0 heterocycles. The highest BCUT2D eigenvalue weighted by Crippen LogP contribution is 2.17. The Morgan fingerprint density at radius 2 is 1.86 bits per heavy atom. The van der Waals surface area contributed by atoms with Crippen molar-refractivity contribution in [2.45, 2.75) is 34.6 Å². The van der Waals surface area contributed by atoms with E-state index in [9.17, 15) is 4.79 Å². The van der Waals surface area contributed by atoms with E-state index in [-0.39, 0.29) is 22.6 Å². The largest absolute Gasteiger partial charge is 0.324 e. The second kappa shape index (κ2) is 10.2. The summed E-state index contributed by atoms with van der Waals surface area (Å²) in [5.74, 6) is -0.116. The highest BCUT2D eigenvalue weighted by atomic mass is 16.1. The standard InChI is InChI=1S/C7H14.C4H7NO.CH4.2H2/c1-5-6-7(2,3)4;1-2-4(6)3-5;;;/h5H,1,6H2,2-4H3;2H,1,3,5H2;1H4;2*1H. The highest BCUT2D eigenvalue weighted by molar-refractivity contribution is 5.90. The zero-order valence-corrected chi connectivity index (χ0v) is 8.97. The predicted octanol–water partition coefficient (Wildman–Crippen LogP) is 3.44. The number of hydrogen-bond acceptors (Lipinski definition) is 2. The van der Waals surface area contributed by atoms with Gasteiger partial charge in [0.25, 0.3) is 0 Å². The molecule has 0 rings (SSSR count). The summed E-state index contributed by atoms with van der Waals surface area (Å²) >= 11 is 0. The van der Waals surface area contributed by atoms with Gasteiger partial charge in [-0.25, -0.2) is 0 Å². The maximum atomic E-state index is 9.94. The fourth-order valence-electron chi connectivity index (χ4n) is 0.516. The molecule has 0 amide bonds. The van der Waals surface area contributed by atoms with E-state index in [1.165, 1.54) is 6.08 Å². The van der Waals surface area contributed by atoms with E-state index in [1.807, 2.05) is 6.08 Å². The van der Waals surface area contributed by atoms with Gasteiger partial charge in [0.2, 0.25) is 0 Å². The molecule has 0 radical (unpaired) electrons. The first kappa shape index (κ1) is 18.8. The monoisotopic (exact) mass is 203 g/mol. The summed E-state index contributed by atoms with van der Waals surface area (Å²) in [4.78, 5) is 9.94. The van der Waals surface area contributed by atoms with Crippen molar-refractivity contribution in [3.63, 3.8) is 0 Å². The Kier molecular flexibility index (Phi) is 13.7. The van der Waals surface area contributed by atoms with Gasteiger partial charge in [0.05, 0.1) is 6.54 Å². The minimum Gasteiger partial charge on any atom is -0.324 e. The van der Waals surface area contributed by atoms with Crippen LogP contribution in [0.5, 0.6) is 0 Å². The van der Waals surface area contributed by atoms with Gasteiger partial charge < -0.3 is 5.73 Å². The fourth-order valence-corrected chi connectivity index (χ4v) is 0.516. The molecule has 0 aromatic heterocycles. The minimum absolute atomic E-state index is 0. The Morgan fingerprint density at radius 3 is 1.86 bits per heavy atom. The molecule has 0 spiro atoms. The first-order valence-corrected chi connectivity index (χ1v) is 4.33. The quantitative estimate of drug-likeness (QED) is 0.564. The average molecular weight is 203 g/mol. The zero-order chi connectivity index (χ0) is 10.9. The summed E-state index contributed by atoms with van der Waals surface area (Å²) in [5, 5.41) is 0. The Morgan fingerprint density at radius 1 is 1.43 bits per heavy atom. The molecule has 0 aromatic carbocycles. The van der Waals surface area contributed by atoms with Gasteiger partial charge in [0, 0.05) is 2.85 Å². The molecule has 0 aliphatic carbocycles. The summed E-state index contributed by atoms with van der Waals surface area (Å²) in [5.41, 5.74) is 5.29. The molecule has 0 aliphatic rings. The van der Waals surface area contributed by atoms with Gasteiger partial charge in [0.1, 0.15) is 0 Å². The molecular weight excluding hydrogens is 174 g/mol.